The number of hydrogen-bond donors (Lipinski definition) is 1. The van der Waals surface area contributed by atoms with Gasteiger partial charge in [0, 0.05) is 24.7 Å². The Balaban J connectivity index is 1.84. The third-order valence-corrected chi connectivity index (χ3v) is 4.35. The second kappa shape index (κ2) is 5.48. The van der Waals surface area contributed by atoms with E-state index in [1.807, 2.05) is 0 Å². The predicted octanol–water partition coefficient (Wildman–Crippen LogP) is 1.76. The molecule has 1 heterocycles. The maximum atomic E-state index is 5.96. The molecule has 0 aromatic heterocycles. The second-order valence-corrected chi connectivity index (χ2v) is 5.59. The van der Waals surface area contributed by atoms with Crippen molar-refractivity contribution < 1.29 is 4.74 Å². The zero-order valence-corrected chi connectivity index (χ0v) is 10.7. The van der Waals surface area contributed by atoms with Gasteiger partial charge in [-0.15, -0.1) is 0 Å². The molecule has 1 saturated carbocycles. The van der Waals surface area contributed by atoms with Crippen LogP contribution in [0.1, 0.15) is 45.4 Å². The molecule has 94 valence electrons. The second-order valence-electron chi connectivity index (χ2n) is 5.59. The summed E-state index contributed by atoms with van der Waals surface area (Å²) >= 11 is 0. The van der Waals surface area contributed by atoms with Crippen LogP contribution < -0.4 is 5.73 Å². The maximum absolute atomic E-state index is 5.96. The lowest BCUT2D eigenvalue weighted by atomic mass is 9.89. The number of ether oxygens (including phenoxy) is 1. The Kier molecular flexibility index (Phi) is 4.22. The van der Waals surface area contributed by atoms with E-state index in [1.54, 1.807) is 0 Å². The summed E-state index contributed by atoms with van der Waals surface area (Å²) in [5.74, 6) is 0. The molecule has 0 bridgehead atoms. The minimum Gasteiger partial charge on any atom is -0.378 e. The summed E-state index contributed by atoms with van der Waals surface area (Å²) in [6.07, 6.45) is 7.80. The van der Waals surface area contributed by atoms with E-state index in [2.05, 4.69) is 18.9 Å². The number of nitrogens with zero attached hydrogens (tertiary/aromatic N) is 1. The molecule has 0 spiro atoms. The zero-order valence-electron chi connectivity index (χ0n) is 10.7. The van der Waals surface area contributed by atoms with Gasteiger partial charge in [-0.1, -0.05) is 0 Å². The molecule has 0 radical (unpaired) electrons. The fourth-order valence-corrected chi connectivity index (χ4v) is 3.15. The van der Waals surface area contributed by atoms with Gasteiger partial charge in [-0.3, -0.25) is 0 Å². The van der Waals surface area contributed by atoms with Gasteiger partial charge >= 0.3 is 0 Å². The van der Waals surface area contributed by atoms with Crippen LogP contribution in [0.5, 0.6) is 0 Å². The standard InChI is InChI=1S/C13H26N2O/c1-10-9-13(7-8-16-10)15(2)12-5-3-11(14)4-6-12/h10-13H,3-9,14H2,1-2H3. The van der Waals surface area contributed by atoms with Gasteiger partial charge in [0.1, 0.15) is 0 Å². The molecule has 2 rings (SSSR count). The van der Waals surface area contributed by atoms with Crippen molar-refractivity contribution in [1.29, 1.82) is 0 Å². The highest BCUT2D eigenvalue weighted by molar-refractivity contribution is 4.85. The first-order chi connectivity index (χ1) is 7.66. The molecule has 2 unspecified atom stereocenters. The van der Waals surface area contributed by atoms with Gasteiger partial charge in [0.05, 0.1) is 6.10 Å². The fraction of sp³-hybridized carbons (Fsp3) is 1.00. The van der Waals surface area contributed by atoms with Crippen LogP contribution in [0.2, 0.25) is 0 Å². The lowest BCUT2D eigenvalue weighted by Crippen LogP contribution is -2.47. The van der Waals surface area contributed by atoms with Crippen LogP contribution in [0.25, 0.3) is 0 Å². The van der Waals surface area contributed by atoms with Gasteiger partial charge in [0.25, 0.3) is 0 Å². The SMILES string of the molecule is CC1CC(N(C)C2CCC(N)CC2)CCO1. The largest absolute Gasteiger partial charge is 0.378 e. The summed E-state index contributed by atoms with van der Waals surface area (Å²) in [4.78, 5) is 2.60. The first-order valence-corrected chi connectivity index (χ1v) is 6.76. The molecular formula is C13H26N2O. The van der Waals surface area contributed by atoms with Gasteiger partial charge in [-0.25, -0.2) is 0 Å². The van der Waals surface area contributed by atoms with E-state index in [1.165, 1.54) is 38.5 Å². The van der Waals surface area contributed by atoms with Crippen molar-refractivity contribution in [3.63, 3.8) is 0 Å². The van der Waals surface area contributed by atoms with Gasteiger partial charge in [0.2, 0.25) is 0 Å². The number of hydrogen-bond acceptors (Lipinski definition) is 3. The Bertz CT molecular complexity index is 214. The quantitative estimate of drug-likeness (QED) is 0.779. The smallest absolute Gasteiger partial charge is 0.0561 e. The molecule has 1 aliphatic carbocycles. The summed E-state index contributed by atoms with van der Waals surface area (Å²) in [6.45, 7) is 3.12. The summed E-state index contributed by atoms with van der Waals surface area (Å²) in [5.41, 5.74) is 5.96. The minimum absolute atomic E-state index is 0.437. The normalized spacial score (nSPS) is 41.2. The highest BCUT2D eigenvalue weighted by Gasteiger charge is 2.29. The molecule has 2 aliphatic rings. The van der Waals surface area contributed by atoms with Crippen LogP contribution in [0, 0.1) is 0 Å². The molecule has 0 aromatic carbocycles. The highest BCUT2D eigenvalue weighted by atomic mass is 16.5. The molecule has 3 nitrogen and oxygen atoms in total. The van der Waals surface area contributed by atoms with E-state index in [0.717, 1.165) is 18.7 Å². The molecule has 2 fully saturated rings. The first kappa shape index (κ1) is 12.3. The van der Waals surface area contributed by atoms with Crippen molar-refractivity contribution in [1.82, 2.24) is 4.90 Å². The fourth-order valence-electron chi connectivity index (χ4n) is 3.15. The lowest BCUT2D eigenvalue weighted by Gasteiger charge is -2.41. The van der Waals surface area contributed by atoms with Crippen LogP contribution in [0.4, 0.5) is 0 Å². The summed E-state index contributed by atoms with van der Waals surface area (Å²) < 4.78 is 5.62. The summed E-state index contributed by atoms with van der Waals surface area (Å²) in [6, 6.07) is 1.94. The Morgan fingerprint density at radius 2 is 1.75 bits per heavy atom. The van der Waals surface area contributed by atoms with E-state index in [9.17, 15) is 0 Å². The van der Waals surface area contributed by atoms with Gasteiger partial charge < -0.3 is 15.4 Å². The summed E-state index contributed by atoms with van der Waals surface area (Å²) in [5, 5.41) is 0. The van der Waals surface area contributed by atoms with E-state index in [4.69, 9.17) is 10.5 Å². The lowest BCUT2D eigenvalue weighted by molar-refractivity contribution is -0.0246. The van der Waals surface area contributed by atoms with Crippen molar-refractivity contribution in [2.75, 3.05) is 13.7 Å². The highest BCUT2D eigenvalue weighted by Crippen LogP contribution is 2.26. The monoisotopic (exact) mass is 226 g/mol. The third-order valence-electron chi connectivity index (χ3n) is 4.35. The van der Waals surface area contributed by atoms with Crippen molar-refractivity contribution in [2.45, 2.75) is 69.7 Å². The Labute approximate surface area is 99.3 Å². The molecular weight excluding hydrogens is 200 g/mol. The predicted molar refractivity (Wildman–Crippen MR) is 66.4 cm³/mol. The maximum Gasteiger partial charge on any atom is 0.0561 e. The van der Waals surface area contributed by atoms with Crippen molar-refractivity contribution in [2.24, 2.45) is 5.73 Å². The molecule has 2 N–H and O–H groups in total. The molecule has 1 saturated heterocycles. The van der Waals surface area contributed by atoms with Crippen molar-refractivity contribution >= 4 is 0 Å². The average Bonchev–Trinajstić information content (AvgIpc) is 2.29. The third kappa shape index (κ3) is 2.96. The van der Waals surface area contributed by atoms with Crippen LogP contribution in [-0.2, 0) is 4.74 Å². The van der Waals surface area contributed by atoms with E-state index >= 15 is 0 Å². The Hall–Kier alpha value is -0.120. The van der Waals surface area contributed by atoms with Gasteiger partial charge in [-0.05, 0) is 52.5 Å². The molecule has 3 heteroatoms. The molecule has 16 heavy (non-hydrogen) atoms. The van der Waals surface area contributed by atoms with E-state index < -0.39 is 0 Å². The van der Waals surface area contributed by atoms with Crippen LogP contribution in [0.3, 0.4) is 0 Å². The van der Waals surface area contributed by atoms with Crippen LogP contribution >= 0.6 is 0 Å². The van der Waals surface area contributed by atoms with E-state index in [0.29, 0.717) is 12.1 Å². The summed E-state index contributed by atoms with van der Waals surface area (Å²) in [7, 11) is 2.30. The Morgan fingerprint density at radius 1 is 1.06 bits per heavy atom. The topological polar surface area (TPSA) is 38.5 Å². The average molecular weight is 226 g/mol. The van der Waals surface area contributed by atoms with Crippen LogP contribution in [-0.4, -0.2) is 42.8 Å². The molecule has 1 aliphatic heterocycles. The van der Waals surface area contributed by atoms with Crippen molar-refractivity contribution in [3.8, 4) is 0 Å². The van der Waals surface area contributed by atoms with Crippen molar-refractivity contribution in [3.05, 3.63) is 0 Å². The Morgan fingerprint density at radius 3 is 2.38 bits per heavy atom. The molecule has 0 aromatic rings. The van der Waals surface area contributed by atoms with Gasteiger partial charge in [0.15, 0.2) is 0 Å². The molecule has 0 amide bonds. The van der Waals surface area contributed by atoms with Gasteiger partial charge in [-0.2, -0.15) is 0 Å². The minimum atomic E-state index is 0.437. The van der Waals surface area contributed by atoms with Crippen LogP contribution in [0.15, 0.2) is 0 Å². The zero-order chi connectivity index (χ0) is 11.5. The van der Waals surface area contributed by atoms with E-state index in [-0.39, 0.29) is 0 Å². The number of nitrogens with two attached hydrogens (primary N) is 1. The first-order valence-electron chi connectivity index (χ1n) is 6.76. The molecule has 2 atom stereocenters. The number of rotatable bonds is 2.